The lowest BCUT2D eigenvalue weighted by molar-refractivity contribution is 1.32. The van der Waals surface area contributed by atoms with Crippen molar-refractivity contribution in [3.05, 3.63) is 188 Å². The minimum atomic E-state index is 0.0704. The third-order valence-corrected chi connectivity index (χ3v) is 15.9. The summed E-state index contributed by atoms with van der Waals surface area (Å²) in [6.07, 6.45) is 0. The summed E-state index contributed by atoms with van der Waals surface area (Å²) >= 11 is 0. The van der Waals surface area contributed by atoms with Gasteiger partial charge in [0.25, 0.3) is 0 Å². The van der Waals surface area contributed by atoms with Gasteiger partial charge in [0.2, 0.25) is 13.4 Å². The summed E-state index contributed by atoms with van der Waals surface area (Å²) in [5.41, 5.74) is 35.3. The summed E-state index contributed by atoms with van der Waals surface area (Å²) in [5, 5.41) is 8.38. The fraction of sp³-hybridized carbons (Fsp3) is 0.188. The van der Waals surface area contributed by atoms with Crippen molar-refractivity contribution in [1.29, 1.82) is 0 Å². The molecule has 0 aromatic heterocycles. The Balaban J connectivity index is 1.39. The van der Waals surface area contributed by atoms with E-state index in [0.717, 1.165) is 0 Å². The van der Waals surface area contributed by atoms with Gasteiger partial charge in [-0.2, -0.15) is 0 Å². The van der Waals surface area contributed by atoms with Gasteiger partial charge in [-0.3, -0.25) is 0 Å². The number of aryl methyl sites for hydroxylation is 12. The first-order valence-corrected chi connectivity index (χ1v) is 24.1. The van der Waals surface area contributed by atoms with Gasteiger partial charge in [-0.25, -0.2) is 0 Å². The monoisotopic (exact) mass is 846 g/mol. The van der Waals surface area contributed by atoms with E-state index in [9.17, 15) is 0 Å². The molecule has 66 heavy (non-hydrogen) atoms. The average Bonchev–Trinajstić information content (AvgIpc) is 3.25. The van der Waals surface area contributed by atoms with E-state index in [1.165, 1.54) is 176 Å². The summed E-state index contributed by atoms with van der Waals surface area (Å²) in [6, 6.07) is 48.5. The van der Waals surface area contributed by atoms with Crippen LogP contribution < -0.4 is 32.8 Å². The van der Waals surface area contributed by atoms with Crippen LogP contribution in [-0.2, 0) is 0 Å². The van der Waals surface area contributed by atoms with Gasteiger partial charge in [0.05, 0.1) is 0 Å². The van der Waals surface area contributed by atoms with Gasteiger partial charge in [-0.1, -0.05) is 186 Å². The number of benzene rings is 10. The molecule has 0 radical (unpaired) electrons. The van der Waals surface area contributed by atoms with Crippen molar-refractivity contribution >= 4 is 78.5 Å². The highest BCUT2D eigenvalue weighted by Gasteiger charge is 2.40. The van der Waals surface area contributed by atoms with Crippen LogP contribution in [0.1, 0.15) is 66.8 Å². The van der Waals surface area contributed by atoms with E-state index in [0.29, 0.717) is 0 Å². The van der Waals surface area contributed by atoms with Crippen molar-refractivity contribution in [3.8, 4) is 44.5 Å². The zero-order valence-corrected chi connectivity index (χ0v) is 40.7. The van der Waals surface area contributed by atoms with Gasteiger partial charge in [-0.15, -0.1) is 0 Å². The normalized spacial score (nSPS) is 12.8. The fourth-order valence-corrected chi connectivity index (χ4v) is 14.0. The molecular weight excluding hydrogens is 790 g/mol. The summed E-state index contributed by atoms with van der Waals surface area (Å²) < 4.78 is 0. The zero-order valence-electron chi connectivity index (χ0n) is 40.7. The highest BCUT2D eigenvalue weighted by molar-refractivity contribution is 7.00. The standard InChI is InChI=1S/C64H56B2/c1-33-21-37(5)57(38(6)22-33)49-29-47-45-17-13-15-19-53(45)66(64-43(11)27-36(4)28-44(64)12)56-32-52-50(58-39(7)23-34(2)24-40(58)8)30-48-46-18-14-16-20-54(46)65(63-41(9)25-35(3)26-42(63)10)55-31-51(49)61(59(47)56)62(52)60(48)55/h13-32H,1-12H3. The number of hydrogen-bond acceptors (Lipinski definition) is 0. The van der Waals surface area contributed by atoms with Crippen molar-refractivity contribution in [1.82, 2.24) is 0 Å². The van der Waals surface area contributed by atoms with Gasteiger partial charge < -0.3 is 0 Å². The lowest BCUT2D eigenvalue weighted by Gasteiger charge is -2.35. The Morgan fingerprint density at radius 1 is 0.258 bits per heavy atom. The van der Waals surface area contributed by atoms with Crippen LogP contribution in [0.5, 0.6) is 0 Å². The molecule has 10 aromatic carbocycles. The maximum Gasteiger partial charge on any atom is 0.243 e. The van der Waals surface area contributed by atoms with E-state index < -0.39 is 0 Å². The van der Waals surface area contributed by atoms with Crippen LogP contribution in [-0.4, -0.2) is 13.4 Å². The van der Waals surface area contributed by atoms with Crippen LogP contribution in [0.25, 0.3) is 76.8 Å². The number of fused-ring (bicyclic) bond motifs is 4. The number of rotatable bonds is 4. The van der Waals surface area contributed by atoms with Crippen molar-refractivity contribution < 1.29 is 0 Å². The van der Waals surface area contributed by atoms with E-state index in [1.54, 1.807) is 0 Å². The van der Waals surface area contributed by atoms with Crippen LogP contribution in [0.4, 0.5) is 0 Å². The molecule has 2 aliphatic rings. The Bertz CT molecular complexity index is 3440. The molecule has 0 atom stereocenters. The van der Waals surface area contributed by atoms with Gasteiger partial charge in [0.1, 0.15) is 0 Å². The van der Waals surface area contributed by atoms with Crippen molar-refractivity contribution in [2.45, 2.75) is 83.1 Å². The second-order valence-corrected chi connectivity index (χ2v) is 20.7. The molecule has 0 N–H and O–H groups in total. The molecule has 0 unspecified atom stereocenters. The van der Waals surface area contributed by atoms with Gasteiger partial charge in [0.15, 0.2) is 0 Å². The smallest absolute Gasteiger partial charge is 0.0664 e. The molecule has 12 rings (SSSR count). The molecule has 0 spiro atoms. The zero-order chi connectivity index (χ0) is 45.8. The van der Waals surface area contributed by atoms with Gasteiger partial charge in [0, 0.05) is 0 Å². The predicted molar refractivity (Wildman–Crippen MR) is 291 cm³/mol. The Labute approximate surface area is 392 Å². The summed E-state index contributed by atoms with van der Waals surface area (Å²) in [7, 11) is 0. The molecule has 2 heterocycles. The molecule has 0 saturated carbocycles. The van der Waals surface area contributed by atoms with Gasteiger partial charge >= 0.3 is 0 Å². The first-order chi connectivity index (χ1) is 31.7. The molecule has 0 bridgehead atoms. The molecule has 0 amide bonds. The second kappa shape index (κ2) is 14.4. The average molecular weight is 847 g/mol. The second-order valence-electron chi connectivity index (χ2n) is 20.7. The maximum absolute atomic E-state index is 2.68. The molecule has 2 heteroatoms. The van der Waals surface area contributed by atoms with E-state index in [1.807, 2.05) is 0 Å². The largest absolute Gasteiger partial charge is 0.243 e. The van der Waals surface area contributed by atoms with Crippen LogP contribution in [0.15, 0.2) is 121 Å². The molecule has 0 saturated heterocycles. The van der Waals surface area contributed by atoms with Crippen LogP contribution in [0.3, 0.4) is 0 Å². The van der Waals surface area contributed by atoms with E-state index in [4.69, 9.17) is 0 Å². The van der Waals surface area contributed by atoms with Crippen molar-refractivity contribution in [2.75, 3.05) is 0 Å². The minimum Gasteiger partial charge on any atom is -0.0664 e. The van der Waals surface area contributed by atoms with E-state index in [2.05, 4.69) is 204 Å². The summed E-state index contributed by atoms with van der Waals surface area (Å²) in [4.78, 5) is 0. The summed E-state index contributed by atoms with van der Waals surface area (Å²) in [6.45, 7) is 27.8. The lowest BCUT2D eigenvalue weighted by atomic mass is 9.31. The highest BCUT2D eigenvalue weighted by atomic mass is 14.3. The minimum absolute atomic E-state index is 0.0704. The molecule has 0 aliphatic carbocycles. The Morgan fingerprint density at radius 3 is 0.894 bits per heavy atom. The first kappa shape index (κ1) is 40.8. The molecular formula is C64H56B2. The molecule has 0 nitrogen and oxygen atoms in total. The van der Waals surface area contributed by atoms with Crippen molar-refractivity contribution in [3.63, 3.8) is 0 Å². The van der Waals surface area contributed by atoms with Crippen LogP contribution in [0, 0.1) is 83.1 Å². The maximum atomic E-state index is 2.68. The first-order valence-electron chi connectivity index (χ1n) is 24.1. The molecule has 2 aliphatic heterocycles. The lowest BCUT2D eigenvalue weighted by Crippen LogP contribution is -2.57. The predicted octanol–water partition coefficient (Wildman–Crippen LogP) is 12.6. The fourth-order valence-electron chi connectivity index (χ4n) is 14.0. The Hall–Kier alpha value is -6.63. The molecule has 10 aromatic rings. The van der Waals surface area contributed by atoms with Crippen LogP contribution in [0.2, 0.25) is 0 Å². The third-order valence-electron chi connectivity index (χ3n) is 15.9. The van der Waals surface area contributed by atoms with E-state index in [-0.39, 0.29) is 13.4 Å². The molecule has 318 valence electrons. The Morgan fingerprint density at radius 2 is 0.561 bits per heavy atom. The van der Waals surface area contributed by atoms with Crippen LogP contribution >= 0.6 is 0 Å². The summed E-state index contributed by atoms with van der Waals surface area (Å²) in [5.74, 6) is 0. The third kappa shape index (κ3) is 5.67. The quantitative estimate of drug-likeness (QED) is 0.122. The Kier molecular flexibility index (Phi) is 8.93. The molecule has 0 fully saturated rings. The van der Waals surface area contributed by atoms with Gasteiger partial charge in [-0.05, 0) is 194 Å². The van der Waals surface area contributed by atoms with E-state index >= 15 is 0 Å². The SMILES string of the molecule is Cc1cc(C)c(B2c3ccccc3-c3cc(-c4c(C)cc(C)cc4C)c4cc5c6c(cc(-c7c(C)cc(C)cc7C)c7cc2c3c4c76)-c2ccccc2B5c2c(C)cc(C)cc2C)c(C)c1. The van der Waals surface area contributed by atoms with Crippen molar-refractivity contribution in [2.24, 2.45) is 0 Å². The topological polar surface area (TPSA) is 0 Å². The number of hydrogen-bond donors (Lipinski definition) is 0. The highest BCUT2D eigenvalue weighted by Crippen LogP contribution is 2.50.